The lowest BCUT2D eigenvalue weighted by Gasteiger charge is -2.46. The van der Waals surface area contributed by atoms with Gasteiger partial charge in [0.05, 0.1) is 23.3 Å². The van der Waals surface area contributed by atoms with Crippen LogP contribution in [0.15, 0.2) is 36.4 Å². The van der Waals surface area contributed by atoms with Crippen molar-refractivity contribution in [3.63, 3.8) is 0 Å². The molecular formula is C23H25ClN2O3. The smallest absolute Gasteiger partial charge is 0.233 e. The Hall–Kier alpha value is -2.14. The summed E-state index contributed by atoms with van der Waals surface area (Å²) in [5.41, 5.74) is 0.533. The van der Waals surface area contributed by atoms with Crippen molar-refractivity contribution in [2.45, 2.75) is 50.0 Å². The number of hydrogen-bond acceptors (Lipinski definition) is 3. The van der Waals surface area contributed by atoms with Gasteiger partial charge in [-0.05, 0) is 43.4 Å². The third-order valence-corrected chi connectivity index (χ3v) is 7.57. The van der Waals surface area contributed by atoms with Crippen molar-refractivity contribution in [1.82, 2.24) is 9.80 Å². The second-order valence-corrected chi connectivity index (χ2v) is 9.30. The number of carbonyl (C=O) groups is 3. The lowest BCUT2D eigenvalue weighted by Crippen LogP contribution is -2.65. The van der Waals surface area contributed by atoms with Crippen molar-refractivity contribution in [3.05, 3.63) is 47.0 Å². The Balaban J connectivity index is 1.31. The molecule has 0 aromatic heterocycles. The highest BCUT2D eigenvalue weighted by atomic mass is 35.5. The second kappa shape index (κ2) is 6.98. The topological polar surface area (TPSA) is 57.7 Å². The van der Waals surface area contributed by atoms with E-state index in [1.807, 2.05) is 41.3 Å². The van der Waals surface area contributed by atoms with E-state index in [1.54, 1.807) is 0 Å². The van der Waals surface area contributed by atoms with E-state index in [-0.39, 0.29) is 35.6 Å². The summed E-state index contributed by atoms with van der Waals surface area (Å²) in [5.74, 6) is -0.365. The monoisotopic (exact) mass is 412 g/mol. The molecule has 2 atom stereocenters. The highest BCUT2D eigenvalue weighted by Crippen LogP contribution is 2.44. The fourth-order valence-electron chi connectivity index (χ4n) is 5.65. The highest BCUT2D eigenvalue weighted by molar-refractivity contribution is 6.30. The van der Waals surface area contributed by atoms with Crippen LogP contribution in [-0.2, 0) is 19.8 Å². The molecule has 0 spiro atoms. The number of benzene rings is 1. The van der Waals surface area contributed by atoms with E-state index in [1.165, 1.54) is 4.90 Å². The fraction of sp³-hybridized carbons (Fsp3) is 0.522. The van der Waals surface area contributed by atoms with Crippen LogP contribution in [0.1, 0.15) is 44.1 Å². The van der Waals surface area contributed by atoms with E-state index in [2.05, 4.69) is 0 Å². The summed E-state index contributed by atoms with van der Waals surface area (Å²) in [4.78, 5) is 42.4. The Labute approximate surface area is 175 Å². The van der Waals surface area contributed by atoms with Crippen LogP contribution in [0.2, 0.25) is 5.02 Å². The van der Waals surface area contributed by atoms with Gasteiger partial charge in [0, 0.05) is 18.1 Å². The predicted molar refractivity (Wildman–Crippen MR) is 109 cm³/mol. The van der Waals surface area contributed by atoms with Gasteiger partial charge >= 0.3 is 0 Å². The molecule has 2 aliphatic heterocycles. The zero-order chi connectivity index (χ0) is 20.2. The van der Waals surface area contributed by atoms with Gasteiger partial charge in [-0.15, -0.1) is 0 Å². The van der Waals surface area contributed by atoms with Gasteiger partial charge in [0.25, 0.3) is 0 Å². The Morgan fingerprint density at radius 3 is 2.03 bits per heavy atom. The third kappa shape index (κ3) is 2.85. The van der Waals surface area contributed by atoms with Gasteiger partial charge in [-0.25, -0.2) is 0 Å². The number of fused-ring (bicyclic) bond motifs is 1. The van der Waals surface area contributed by atoms with Gasteiger partial charge in [-0.2, -0.15) is 0 Å². The quantitative estimate of drug-likeness (QED) is 0.565. The minimum atomic E-state index is -0.494. The Bertz CT molecular complexity index is 856. The van der Waals surface area contributed by atoms with Crippen LogP contribution >= 0.6 is 11.6 Å². The summed E-state index contributed by atoms with van der Waals surface area (Å²) in [6.07, 6.45) is 9.06. The molecule has 0 unspecified atom stereocenters. The van der Waals surface area contributed by atoms with Crippen molar-refractivity contribution in [1.29, 1.82) is 0 Å². The van der Waals surface area contributed by atoms with E-state index in [9.17, 15) is 14.4 Å². The molecule has 0 bridgehead atoms. The lowest BCUT2D eigenvalue weighted by atomic mass is 9.76. The normalized spacial score (nSPS) is 28.6. The first kappa shape index (κ1) is 18.9. The average molecular weight is 413 g/mol. The number of nitrogens with zero attached hydrogens (tertiary/aromatic N) is 2. The number of halogens is 1. The molecule has 3 amide bonds. The van der Waals surface area contributed by atoms with Crippen molar-refractivity contribution < 1.29 is 14.4 Å². The van der Waals surface area contributed by atoms with Crippen LogP contribution in [0.5, 0.6) is 0 Å². The van der Waals surface area contributed by atoms with Crippen LogP contribution in [0.25, 0.3) is 0 Å². The molecule has 4 aliphatic rings. The van der Waals surface area contributed by atoms with Gasteiger partial charge in [0.2, 0.25) is 17.7 Å². The van der Waals surface area contributed by atoms with Crippen LogP contribution in [0.3, 0.4) is 0 Å². The summed E-state index contributed by atoms with van der Waals surface area (Å²) in [7, 11) is 0. The number of imide groups is 1. The Kier molecular flexibility index (Phi) is 4.54. The van der Waals surface area contributed by atoms with Crippen LogP contribution < -0.4 is 0 Å². The maximum atomic E-state index is 13.5. The van der Waals surface area contributed by atoms with Gasteiger partial charge in [0.15, 0.2) is 0 Å². The van der Waals surface area contributed by atoms with E-state index >= 15 is 0 Å². The summed E-state index contributed by atoms with van der Waals surface area (Å²) >= 11 is 6.05. The van der Waals surface area contributed by atoms with Gasteiger partial charge < -0.3 is 4.90 Å². The second-order valence-electron chi connectivity index (χ2n) is 8.86. The molecule has 5 rings (SSSR count). The lowest BCUT2D eigenvalue weighted by molar-refractivity contribution is -0.155. The largest absolute Gasteiger partial charge is 0.338 e. The molecule has 1 saturated carbocycles. The number of allylic oxidation sites excluding steroid dienone is 2. The number of rotatable bonds is 3. The van der Waals surface area contributed by atoms with Crippen molar-refractivity contribution in [3.8, 4) is 0 Å². The molecule has 2 heterocycles. The van der Waals surface area contributed by atoms with E-state index in [4.69, 9.17) is 11.6 Å². The molecule has 5 nitrogen and oxygen atoms in total. The molecule has 3 fully saturated rings. The molecule has 2 saturated heterocycles. The first-order valence-corrected chi connectivity index (χ1v) is 11.0. The summed E-state index contributed by atoms with van der Waals surface area (Å²) in [5, 5.41) is 0.667. The van der Waals surface area contributed by atoms with Crippen LogP contribution in [0, 0.1) is 11.8 Å². The molecular weight excluding hydrogens is 388 g/mol. The van der Waals surface area contributed by atoms with Crippen molar-refractivity contribution in [2.75, 3.05) is 13.1 Å². The standard InChI is InChI=1S/C23H25ClN2O3/c24-16-9-7-15(8-10-16)23(11-3-4-12-23)22(29)25-13-17(14-25)26-20(27)18-5-1-2-6-19(18)21(26)28/h1-2,7-10,17-19H,3-6,11-14H2/t18-,19-/m0/s1. The SMILES string of the molecule is O=C1[C@H]2CC=CC[C@@H]2C(=O)N1C1CN(C(=O)C2(c3ccc(Cl)cc3)CCCC2)C1. The van der Waals surface area contributed by atoms with Crippen LogP contribution in [-0.4, -0.2) is 46.7 Å². The van der Waals surface area contributed by atoms with Gasteiger partial charge in [-0.1, -0.05) is 48.7 Å². The van der Waals surface area contributed by atoms with Crippen LogP contribution in [0.4, 0.5) is 0 Å². The molecule has 1 aromatic carbocycles. The van der Waals surface area contributed by atoms with Gasteiger partial charge in [-0.3, -0.25) is 19.3 Å². The van der Waals surface area contributed by atoms with Crippen molar-refractivity contribution >= 4 is 29.3 Å². The number of hydrogen-bond donors (Lipinski definition) is 0. The molecule has 29 heavy (non-hydrogen) atoms. The average Bonchev–Trinajstić information content (AvgIpc) is 3.28. The summed E-state index contributed by atoms with van der Waals surface area (Å²) in [6.45, 7) is 0.914. The zero-order valence-corrected chi connectivity index (χ0v) is 17.1. The zero-order valence-electron chi connectivity index (χ0n) is 16.4. The predicted octanol–water partition coefficient (Wildman–Crippen LogP) is 3.31. The molecule has 1 aromatic rings. The number of carbonyl (C=O) groups excluding carboxylic acids is 3. The fourth-order valence-corrected chi connectivity index (χ4v) is 5.77. The minimum absolute atomic E-state index is 0.0465. The molecule has 2 aliphatic carbocycles. The highest BCUT2D eigenvalue weighted by Gasteiger charge is 2.54. The van der Waals surface area contributed by atoms with E-state index < -0.39 is 5.41 Å². The third-order valence-electron chi connectivity index (χ3n) is 7.32. The van der Waals surface area contributed by atoms with E-state index in [0.29, 0.717) is 31.0 Å². The number of amides is 3. The van der Waals surface area contributed by atoms with Gasteiger partial charge in [0.1, 0.15) is 0 Å². The first-order chi connectivity index (χ1) is 14.0. The first-order valence-electron chi connectivity index (χ1n) is 10.6. The molecule has 0 radical (unpaired) electrons. The van der Waals surface area contributed by atoms with E-state index in [0.717, 1.165) is 31.2 Å². The minimum Gasteiger partial charge on any atom is -0.338 e. The Morgan fingerprint density at radius 1 is 0.931 bits per heavy atom. The summed E-state index contributed by atoms with van der Waals surface area (Å²) in [6, 6.07) is 7.46. The van der Waals surface area contributed by atoms with Crippen molar-refractivity contribution in [2.24, 2.45) is 11.8 Å². The maximum Gasteiger partial charge on any atom is 0.233 e. The molecule has 6 heteroatoms. The summed E-state index contributed by atoms with van der Waals surface area (Å²) < 4.78 is 0. The molecule has 152 valence electrons. The molecule has 0 N–H and O–H groups in total. The maximum absolute atomic E-state index is 13.5. The number of likely N-dealkylation sites (tertiary alicyclic amines) is 2. The Morgan fingerprint density at radius 2 is 1.48 bits per heavy atom.